The number of nitrogens with zero attached hydrogens (tertiary/aromatic N) is 4. The van der Waals surface area contributed by atoms with E-state index >= 15 is 0 Å². The molecular formula is C19H18N6O4. The van der Waals surface area contributed by atoms with Crippen LogP contribution >= 0.6 is 0 Å². The molecule has 3 heterocycles. The average molecular weight is 394 g/mol. The summed E-state index contributed by atoms with van der Waals surface area (Å²) in [6, 6.07) is 7.35. The van der Waals surface area contributed by atoms with Crippen molar-refractivity contribution in [1.82, 2.24) is 19.5 Å². The first-order chi connectivity index (χ1) is 14.0. The molecular weight excluding hydrogens is 376 g/mol. The molecule has 10 nitrogen and oxygen atoms in total. The number of carbonyl (C=O) groups excluding carboxylic acids is 2. The van der Waals surface area contributed by atoms with E-state index in [0.29, 0.717) is 49.7 Å². The van der Waals surface area contributed by atoms with Crippen molar-refractivity contribution in [3.8, 4) is 23.3 Å². The lowest BCUT2D eigenvalue weighted by atomic mass is 10.1. The third-order valence-electron chi connectivity index (χ3n) is 4.81. The highest BCUT2D eigenvalue weighted by atomic mass is 16.6. The Bertz CT molecular complexity index is 1150. The molecule has 148 valence electrons. The van der Waals surface area contributed by atoms with E-state index in [1.54, 1.807) is 6.07 Å². The number of nitriles is 1. The summed E-state index contributed by atoms with van der Waals surface area (Å²) in [4.78, 5) is 28.7. The molecule has 0 saturated carbocycles. The second-order valence-electron chi connectivity index (χ2n) is 6.60. The highest BCUT2D eigenvalue weighted by Gasteiger charge is 2.27. The van der Waals surface area contributed by atoms with Gasteiger partial charge in [-0.3, -0.25) is 4.79 Å². The molecule has 0 bridgehead atoms. The molecule has 1 saturated heterocycles. The maximum Gasteiger partial charge on any atom is 0.416 e. The Morgan fingerprint density at radius 1 is 1.41 bits per heavy atom. The van der Waals surface area contributed by atoms with Gasteiger partial charge in [-0.1, -0.05) is 12.1 Å². The van der Waals surface area contributed by atoms with Crippen LogP contribution in [0, 0.1) is 18.3 Å². The zero-order chi connectivity index (χ0) is 20.5. The lowest BCUT2D eigenvalue weighted by molar-refractivity contribution is 0.0410. The second kappa shape index (κ2) is 7.29. The molecule has 3 N–H and O–H groups in total. The van der Waals surface area contributed by atoms with E-state index in [1.165, 1.54) is 9.42 Å². The summed E-state index contributed by atoms with van der Waals surface area (Å²) >= 11 is 0. The number of anilines is 1. The SMILES string of the molecule is Cc1ccc(-c2nn3c(OC(=O)N4CCOCC4)c(C#N)c(C=O)c3[nH]2)cc1N. The van der Waals surface area contributed by atoms with E-state index in [1.807, 2.05) is 25.1 Å². The minimum atomic E-state index is -0.634. The highest BCUT2D eigenvalue weighted by molar-refractivity contribution is 5.91. The number of H-pyrrole nitrogens is 1. The first-order valence-corrected chi connectivity index (χ1v) is 8.94. The molecule has 0 unspecified atom stereocenters. The summed E-state index contributed by atoms with van der Waals surface area (Å²) in [5, 5.41) is 13.9. The van der Waals surface area contributed by atoms with Crippen molar-refractivity contribution in [2.24, 2.45) is 0 Å². The number of hydrogen-bond donors (Lipinski definition) is 2. The van der Waals surface area contributed by atoms with E-state index < -0.39 is 6.09 Å². The number of aromatic amines is 1. The van der Waals surface area contributed by atoms with E-state index in [9.17, 15) is 14.9 Å². The number of ether oxygens (including phenoxy) is 2. The summed E-state index contributed by atoms with van der Waals surface area (Å²) in [6.07, 6.45) is -0.100. The fraction of sp³-hybridized carbons (Fsp3) is 0.263. The second-order valence-corrected chi connectivity index (χ2v) is 6.60. The van der Waals surface area contributed by atoms with Crippen molar-refractivity contribution in [2.45, 2.75) is 6.92 Å². The number of nitrogens with one attached hydrogen (secondary N) is 1. The molecule has 1 aliphatic heterocycles. The average Bonchev–Trinajstić information content (AvgIpc) is 3.28. The van der Waals surface area contributed by atoms with Crippen molar-refractivity contribution >= 4 is 23.7 Å². The third kappa shape index (κ3) is 3.17. The van der Waals surface area contributed by atoms with Gasteiger partial charge in [0.25, 0.3) is 0 Å². The molecule has 0 radical (unpaired) electrons. The monoisotopic (exact) mass is 394 g/mol. The van der Waals surface area contributed by atoms with Gasteiger partial charge >= 0.3 is 6.09 Å². The third-order valence-corrected chi connectivity index (χ3v) is 4.81. The van der Waals surface area contributed by atoms with Gasteiger partial charge in [0.15, 0.2) is 12.1 Å². The highest BCUT2D eigenvalue weighted by Crippen LogP contribution is 2.30. The number of hydrogen-bond acceptors (Lipinski definition) is 7. The maximum atomic E-state index is 12.5. The molecule has 2 aromatic heterocycles. The predicted octanol–water partition coefficient (Wildman–Crippen LogP) is 1.74. The first-order valence-electron chi connectivity index (χ1n) is 8.94. The Labute approximate surface area is 165 Å². The fourth-order valence-corrected chi connectivity index (χ4v) is 3.14. The van der Waals surface area contributed by atoms with Crippen LogP contribution in [0.5, 0.6) is 5.88 Å². The lowest BCUT2D eigenvalue weighted by Crippen LogP contribution is -2.42. The first kappa shape index (κ1) is 18.5. The molecule has 10 heteroatoms. The van der Waals surface area contributed by atoms with Crippen LogP contribution in [0.3, 0.4) is 0 Å². The Morgan fingerprint density at radius 3 is 2.83 bits per heavy atom. The van der Waals surface area contributed by atoms with Crippen molar-refractivity contribution in [3.05, 3.63) is 34.9 Å². The fourth-order valence-electron chi connectivity index (χ4n) is 3.14. The predicted molar refractivity (Wildman–Crippen MR) is 103 cm³/mol. The molecule has 29 heavy (non-hydrogen) atoms. The number of aldehydes is 1. The van der Waals surface area contributed by atoms with Crippen molar-refractivity contribution in [2.75, 3.05) is 32.0 Å². The van der Waals surface area contributed by atoms with Gasteiger partial charge in [-0.25, -0.2) is 4.79 Å². The number of aryl methyl sites for hydroxylation is 1. The molecule has 0 spiro atoms. The summed E-state index contributed by atoms with van der Waals surface area (Å²) in [6.45, 7) is 3.46. The number of amides is 1. The number of carbonyl (C=O) groups is 2. The van der Waals surface area contributed by atoms with Crippen LogP contribution in [0.15, 0.2) is 18.2 Å². The lowest BCUT2D eigenvalue weighted by Gasteiger charge is -2.25. The minimum absolute atomic E-state index is 0.0599. The van der Waals surface area contributed by atoms with Crippen LogP contribution in [0.1, 0.15) is 21.5 Å². The number of nitrogens with two attached hydrogens (primary N) is 1. The number of rotatable bonds is 3. The molecule has 1 fully saturated rings. The van der Waals surface area contributed by atoms with E-state index in [4.69, 9.17) is 15.2 Å². The minimum Gasteiger partial charge on any atom is -0.398 e. The Balaban J connectivity index is 1.78. The summed E-state index contributed by atoms with van der Waals surface area (Å²) in [5.41, 5.74) is 8.45. The molecule has 0 aliphatic carbocycles. The maximum absolute atomic E-state index is 12.5. The summed E-state index contributed by atoms with van der Waals surface area (Å²) < 4.78 is 12.0. The summed E-state index contributed by atoms with van der Waals surface area (Å²) in [7, 11) is 0. The number of benzene rings is 1. The zero-order valence-corrected chi connectivity index (χ0v) is 15.6. The normalized spacial score (nSPS) is 14.0. The van der Waals surface area contributed by atoms with Gasteiger partial charge in [0.05, 0.1) is 18.8 Å². The van der Waals surface area contributed by atoms with Gasteiger partial charge < -0.3 is 25.1 Å². The van der Waals surface area contributed by atoms with Gasteiger partial charge in [-0.05, 0) is 18.6 Å². The van der Waals surface area contributed by atoms with Gasteiger partial charge in [-0.15, -0.1) is 5.10 Å². The zero-order valence-electron chi connectivity index (χ0n) is 15.6. The van der Waals surface area contributed by atoms with Crippen LogP contribution in [0.25, 0.3) is 17.0 Å². The van der Waals surface area contributed by atoms with Gasteiger partial charge in [0.1, 0.15) is 17.3 Å². The van der Waals surface area contributed by atoms with Crippen LogP contribution in [0.2, 0.25) is 0 Å². The quantitative estimate of drug-likeness (QED) is 0.509. The van der Waals surface area contributed by atoms with Crippen molar-refractivity contribution in [1.29, 1.82) is 5.26 Å². The van der Waals surface area contributed by atoms with Crippen molar-refractivity contribution in [3.63, 3.8) is 0 Å². The smallest absolute Gasteiger partial charge is 0.398 e. The van der Waals surface area contributed by atoms with Crippen LogP contribution in [0.4, 0.5) is 10.5 Å². The molecule has 3 aromatic rings. The Morgan fingerprint density at radius 2 is 2.17 bits per heavy atom. The van der Waals surface area contributed by atoms with Gasteiger partial charge in [0.2, 0.25) is 5.88 Å². The van der Waals surface area contributed by atoms with Crippen LogP contribution in [-0.2, 0) is 4.74 Å². The largest absolute Gasteiger partial charge is 0.416 e. The van der Waals surface area contributed by atoms with Gasteiger partial charge in [-0.2, -0.15) is 9.78 Å². The van der Waals surface area contributed by atoms with E-state index in [-0.39, 0.29) is 22.7 Å². The number of aromatic nitrogens is 3. The van der Waals surface area contributed by atoms with Crippen LogP contribution < -0.4 is 10.5 Å². The van der Waals surface area contributed by atoms with E-state index in [2.05, 4.69) is 10.1 Å². The summed E-state index contributed by atoms with van der Waals surface area (Å²) in [5.74, 6) is 0.312. The van der Waals surface area contributed by atoms with Crippen LogP contribution in [-0.4, -0.2) is 58.2 Å². The topological polar surface area (TPSA) is 139 Å². The molecule has 1 aromatic carbocycles. The molecule has 1 aliphatic rings. The molecule has 1 amide bonds. The van der Waals surface area contributed by atoms with Gasteiger partial charge in [0, 0.05) is 24.3 Å². The number of morpholine rings is 1. The molecule has 4 rings (SSSR count). The Kier molecular flexibility index (Phi) is 4.66. The molecule has 0 atom stereocenters. The number of nitrogen functional groups attached to an aromatic ring is 1. The van der Waals surface area contributed by atoms with E-state index in [0.717, 1.165) is 5.56 Å². The standard InChI is InChI=1S/C19H18N6O4/c1-11-2-3-12(8-15(11)21)16-22-17-14(10-26)13(9-20)18(25(17)23-16)29-19(27)24-4-6-28-7-5-24/h2-3,8,10H,4-7,21H2,1H3,(H,22,23). The number of fused-ring (bicyclic) bond motifs is 1. The Hall–Kier alpha value is -3.84. The van der Waals surface area contributed by atoms with Crippen molar-refractivity contribution < 1.29 is 19.1 Å².